The van der Waals surface area contributed by atoms with Gasteiger partial charge in [0.15, 0.2) is 0 Å². The molecule has 0 radical (unpaired) electrons. The van der Waals surface area contributed by atoms with Crippen LogP contribution in [0.25, 0.3) is 110 Å². The van der Waals surface area contributed by atoms with E-state index in [0.29, 0.717) is 0 Å². The van der Waals surface area contributed by atoms with Crippen LogP contribution in [-0.2, 0) is 0 Å². The van der Waals surface area contributed by atoms with E-state index in [1.807, 2.05) is 30.7 Å². The molecule has 11 aromatic rings. The Morgan fingerprint density at radius 2 is 0.963 bits per heavy atom. The lowest BCUT2D eigenvalue weighted by Gasteiger charge is -2.13. The molecule has 0 saturated heterocycles. The minimum absolute atomic E-state index is 0.915. The van der Waals surface area contributed by atoms with Crippen LogP contribution in [0.3, 0.4) is 0 Å². The van der Waals surface area contributed by atoms with Crippen LogP contribution in [0.1, 0.15) is 0 Å². The molecule has 0 aliphatic carbocycles. The average molecular weight is 688 g/mol. The van der Waals surface area contributed by atoms with Crippen molar-refractivity contribution in [1.82, 2.24) is 24.9 Å². The number of pyridine rings is 5. The van der Waals surface area contributed by atoms with Crippen LogP contribution in [-0.4, -0.2) is 24.9 Å². The van der Waals surface area contributed by atoms with Gasteiger partial charge in [-0.05, 0) is 75.8 Å². The molecule has 0 aliphatic heterocycles. The summed E-state index contributed by atoms with van der Waals surface area (Å²) in [4.78, 5) is 24.5. The van der Waals surface area contributed by atoms with E-state index in [2.05, 4.69) is 156 Å². The lowest BCUT2D eigenvalue weighted by atomic mass is 9.95. The minimum atomic E-state index is 0.915. The summed E-state index contributed by atoms with van der Waals surface area (Å²) in [5, 5.41) is 8.88. The Labute approximate surface area is 310 Å². The Bertz CT molecular complexity index is 3290. The summed E-state index contributed by atoms with van der Waals surface area (Å²) in [5.74, 6) is 0. The second-order valence-corrected chi connectivity index (χ2v) is 13.7. The van der Waals surface area contributed by atoms with Gasteiger partial charge in [-0.2, -0.15) is 0 Å². The highest BCUT2D eigenvalue weighted by Gasteiger charge is 2.14. The molecule has 0 aliphatic rings. The molecule has 0 bridgehead atoms. The van der Waals surface area contributed by atoms with Crippen molar-refractivity contribution in [3.63, 3.8) is 0 Å². The number of aromatic nitrogens is 5. The molecule has 0 N–H and O–H groups in total. The van der Waals surface area contributed by atoms with Crippen LogP contribution in [0, 0.1) is 0 Å². The molecule has 0 amide bonds. The average Bonchev–Trinajstić information content (AvgIpc) is 3.25. The number of hydrogen-bond acceptors (Lipinski definition) is 5. The molecule has 0 atom stereocenters. The molecule has 5 heterocycles. The van der Waals surface area contributed by atoms with Crippen molar-refractivity contribution in [2.45, 2.75) is 0 Å². The summed E-state index contributed by atoms with van der Waals surface area (Å²) in [6.45, 7) is 0. The summed E-state index contributed by atoms with van der Waals surface area (Å²) in [5.41, 5.74) is 12.0. The maximum absolute atomic E-state index is 5.19. The van der Waals surface area contributed by atoms with Crippen molar-refractivity contribution in [1.29, 1.82) is 0 Å². The second kappa shape index (κ2) is 12.1. The highest BCUT2D eigenvalue weighted by atomic mass is 14.8. The first-order chi connectivity index (χ1) is 26.7. The zero-order valence-corrected chi connectivity index (χ0v) is 29.0. The molecule has 6 aromatic carbocycles. The van der Waals surface area contributed by atoms with Gasteiger partial charge in [0.25, 0.3) is 0 Å². The first-order valence-corrected chi connectivity index (χ1v) is 18.1. The normalized spacial score (nSPS) is 11.7. The molecule has 0 unspecified atom stereocenters. The van der Waals surface area contributed by atoms with Crippen LogP contribution in [0.2, 0.25) is 0 Å². The molecular formula is C49H29N5. The molecule has 0 spiro atoms. The number of rotatable bonds is 4. The van der Waals surface area contributed by atoms with Gasteiger partial charge in [-0.25, -0.2) is 15.0 Å². The van der Waals surface area contributed by atoms with Gasteiger partial charge in [0, 0.05) is 62.2 Å². The second-order valence-electron chi connectivity index (χ2n) is 13.7. The van der Waals surface area contributed by atoms with Crippen molar-refractivity contribution in [3.05, 3.63) is 176 Å². The van der Waals surface area contributed by atoms with Crippen molar-refractivity contribution in [3.8, 4) is 44.9 Å². The smallest absolute Gasteiger partial charge is 0.0972 e. The number of nitrogens with zero attached hydrogens (tertiary/aromatic N) is 5. The van der Waals surface area contributed by atoms with Gasteiger partial charge in [-0.3, -0.25) is 9.97 Å². The molecule has 11 rings (SSSR count). The lowest BCUT2D eigenvalue weighted by molar-refractivity contribution is 1.35. The third kappa shape index (κ3) is 4.98. The zero-order valence-electron chi connectivity index (χ0n) is 29.0. The molecule has 250 valence electrons. The Morgan fingerprint density at radius 3 is 1.80 bits per heavy atom. The topological polar surface area (TPSA) is 64.5 Å². The third-order valence-electron chi connectivity index (χ3n) is 10.6. The molecule has 5 aromatic heterocycles. The Balaban J connectivity index is 0.954. The van der Waals surface area contributed by atoms with Gasteiger partial charge in [-0.1, -0.05) is 109 Å². The van der Waals surface area contributed by atoms with Crippen LogP contribution in [0.4, 0.5) is 0 Å². The lowest BCUT2D eigenvalue weighted by Crippen LogP contribution is -1.92. The van der Waals surface area contributed by atoms with Crippen LogP contribution >= 0.6 is 0 Å². The van der Waals surface area contributed by atoms with Crippen molar-refractivity contribution >= 4 is 65.2 Å². The highest BCUT2D eigenvalue weighted by molar-refractivity contribution is 6.07. The van der Waals surface area contributed by atoms with E-state index in [0.717, 1.165) is 110 Å². The third-order valence-corrected chi connectivity index (χ3v) is 10.6. The van der Waals surface area contributed by atoms with E-state index >= 15 is 0 Å². The fourth-order valence-electron chi connectivity index (χ4n) is 7.86. The van der Waals surface area contributed by atoms with Crippen LogP contribution < -0.4 is 0 Å². The van der Waals surface area contributed by atoms with Gasteiger partial charge in [0.1, 0.15) is 0 Å². The molecule has 5 heteroatoms. The molecular weight excluding hydrogens is 659 g/mol. The fraction of sp³-hybridized carbons (Fsp3) is 0. The number of fused-ring (bicyclic) bond motifs is 7. The van der Waals surface area contributed by atoms with Crippen molar-refractivity contribution in [2.75, 3.05) is 0 Å². The monoisotopic (exact) mass is 687 g/mol. The van der Waals surface area contributed by atoms with Crippen molar-refractivity contribution < 1.29 is 0 Å². The predicted molar refractivity (Wildman–Crippen MR) is 222 cm³/mol. The summed E-state index contributed by atoms with van der Waals surface area (Å²) in [6, 6.07) is 55.3. The SMILES string of the molecule is c1cc(-c2ccc3ccc(-c4ccc5nc(-c6ccc(-c7ccc8ccc9cccnc9c8n7)c7ccccc67)ccc5c4)cc3n2)c2cnccc2c1. The standard InChI is InChI=1S/C49H29N5/c1-2-8-38-37(7-1)40(18-19-41(38)46-22-15-33-12-11-32-6-4-25-51-48(32)49(33)54-46)45-23-17-36-27-34(16-20-43(36)52-45)35-13-10-31-14-21-44(53-47(31)28-35)39-9-3-5-30-24-26-50-29-42(30)39/h1-29H. The maximum Gasteiger partial charge on any atom is 0.0972 e. The first-order valence-electron chi connectivity index (χ1n) is 18.1. The number of hydrogen-bond donors (Lipinski definition) is 0. The summed E-state index contributed by atoms with van der Waals surface area (Å²) < 4.78 is 0. The molecule has 0 saturated carbocycles. The molecule has 54 heavy (non-hydrogen) atoms. The van der Waals surface area contributed by atoms with Crippen LogP contribution in [0.15, 0.2) is 176 Å². The van der Waals surface area contributed by atoms with Gasteiger partial charge in [0.2, 0.25) is 0 Å². The Kier molecular flexibility index (Phi) is 6.79. The van der Waals surface area contributed by atoms with Gasteiger partial charge in [-0.15, -0.1) is 0 Å². The van der Waals surface area contributed by atoms with Crippen molar-refractivity contribution in [2.24, 2.45) is 0 Å². The quantitative estimate of drug-likeness (QED) is 0.172. The largest absolute Gasteiger partial charge is 0.264 e. The summed E-state index contributed by atoms with van der Waals surface area (Å²) in [6.07, 6.45) is 5.58. The van der Waals surface area contributed by atoms with E-state index in [9.17, 15) is 0 Å². The summed E-state index contributed by atoms with van der Waals surface area (Å²) in [7, 11) is 0. The number of benzene rings is 6. The Hall–Kier alpha value is -7.37. The first kappa shape index (κ1) is 30.3. The van der Waals surface area contributed by atoms with E-state index in [-0.39, 0.29) is 0 Å². The molecule has 5 nitrogen and oxygen atoms in total. The predicted octanol–water partition coefficient (Wildman–Crippen LogP) is 12.2. The van der Waals surface area contributed by atoms with Gasteiger partial charge < -0.3 is 0 Å². The van der Waals surface area contributed by atoms with E-state index in [1.165, 1.54) is 0 Å². The van der Waals surface area contributed by atoms with E-state index in [1.54, 1.807) is 0 Å². The van der Waals surface area contributed by atoms with Crippen LogP contribution in [0.5, 0.6) is 0 Å². The van der Waals surface area contributed by atoms with Gasteiger partial charge in [0.05, 0.1) is 39.1 Å². The molecule has 0 fully saturated rings. The zero-order chi connectivity index (χ0) is 35.6. The maximum atomic E-state index is 5.19. The van der Waals surface area contributed by atoms with E-state index < -0.39 is 0 Å². The van der Waals surface area contributed by atoms with E-state index in [4.69, 9.17) is 15.0 Å². The fourth-order valence-corrected chi connectivity index (χ4v) is 7.86. The van der Waals surface area contributed by atoms with Gasteiger partial charge >= 0.3 is 0 Å². The highest BCUT2D eigenvalue weighted by Crippen LogP contribution is 2.37. The Morgan fingerprint density at radius 1 is 0.333 bits per heavy atom. The minimum Gasteiger partial charge on any atom is -0.264 e. The summed E-state index contributed by atoms with van der Waals surface area (Å²) >= 11 is 0.